The number of rotatable bonds is 8. The predicted molar refractivity (Wildman–Crippen MR) is 108 cm³/mol. The van der Waals surface area contributed by atoms with Crippen molar-refractivity contribution in [2.24, 2.45) is 0 Å². The Morgan fingerprint density at radius 2 is 1.67 bits per heavy atom. The van der Waals surface area contributed by atoms with Crippen molar-refractivity contribution in [2.45, 2.75) is 24.9 Å². The molecule has 1 aromatic heterocycles. The molecule has 0 unspecified atom stereocenters. The highest BCUT2D eigenvalue weighted by Crippen LogP contribution is 2.13. The van der Waals surface area contributed by atoms with E-state index in [0.29, 0.717) is 23.8 Å². The van der Waals surface area contributed by atoms with E-state index in [-0.39, 0.29) is 11.7 Å². The van der Waals surface area contributed by atoms with Crippen LogP contribution in [0.3, 0.4) is 0 Å². The summed E-state index contributed by atoms with van der Waals surface area (Å²) in [5.74, 6) is 1.34. The zero-order chi connectivity index (χ0) is 19.1. The highest BCUT2D eigenvalue weighted by Gasteiger charge is 2.13. The van der Waals surface area contributed by atoms with Gasteiger partial charge in [-0.15, -0.1) is 0 Å². The standard InChI is InChI=1S/C22H23NO3S/c1-17-7-9-19(10-8-17)15-27(25)16-20-11-12-21(26-20)22(24)23-14-13-18-5-3-2-4-6-18/h2-12H,13-16H2,1H3,(H,23,24)/t27-/m1/s1. The van der Waals surface area contributed by atoms with Gasteiger partial charge in [0.05, 0.1) is 5.75 Å². The first-order chi connectivity index (χ1) is 13.1. The number of hydrogen-bond acceptors (Lipinski definition) is 3. The minimum absolute atomic E-state index is 0.249. The van der Waals surface area contributed by atoms with Crippen molar-refractivity contribution in [2.75, 3.05) is 6.54 Å². The normalized spacial score (nSPS) is 11.9. The fourth-order valence-corrected chi connectivity index (χ4v) is 3.85. The van der Waals surface area contributed by atoms with Crippen molar-refractivity contribution in [1.82, 2.24) is 5.32 Å². The summed E-state index contributed by atoms with van der Waals surface area (Å²) >= 11 is 0. The van der Waals surface area contributed by atoms with Gasteiger partial charge in [0.2, 0.25) is 0 Å². The largest absolute Gasteiger partial charge is 0.455 e. The molecule has 0 aliphatic carbocycles. The number of furan rings is 1. The molecule has 2 aromatic carbocycles. The molecule has 5 heteroatoms. The van der Waals surface area contributed by atoms with Gasteiger partial charge in [-0.2, -0.15) is 0 Å². The van der Waals surface area contributed by atoms with Gasteiger partial charge in [-0.3, -0.25) is 9.00 Å². The van der Waals surface area contributed by atoms with Crippen molar-refractivity contribution in [3.8, 4) is 0 Å². The average molecular weight is 381 g/mol. The van der Waals surface area contributed by atoms with E-state index in [1.807, 2.05) is 61.5 Å². The smallest absolute Gasteiger partial charge is 0.287 e. The molecule has 0 saturated heterocycles. The Balaban J connectivity index is 1.47. The molecule has 4 nitrogen and oxygen atoms in total. The number of hydrogen-bond donors (Lipinski definition) is 1. The summed E-state index contributed by atoms with van der Waals surface area (Å²) in [6, 6.07) is 21.3. The SMILES string of the molecule is Cc1ccc(C[S@@](=O)Cc2ccc(C(=O)NCCc3ccccc3)o2)cc1. The van der Waals surface area contributed by atoms with E-state index in [0.717, 1.165) is 12.0 Å². The van der Waals surface area contributed by atoms with E-state index in [1.54, 1.807) is 12.1 Å². The quantitative estimate of drug-likeness (QED) is 0.641. The topological polar surface area (TPSA) is 59.3 Å². The van der Waals surface area contributed by atoms with Crippen molar-refractivity contribution >= 4 is 16.7 Å². The lowest BCUT2D eigenvalue weighted by atomic mass is 10.1. The van der Waals surface area contributed by atoms with Crippen molar-refractivity contribution < 1.29 is 13.4 Å². The fraction of sp³-hybridized carbons (Fsp3) is 0.227. The van der Waals surface area contributed by atoms with E-state index >= 15 is 0 Å². The van der Waals surface area contributed by atoms with Crippen LogP contribution in [0.15, 0.2) is 71.1 Å². The zero-order valence-electron chi connectivity index (χ0n) is 15.3. The van der Waals surface area contributed by atoms with Crippen LogP contribution < -0.4 is 5.32 Å². The number of carbonyl (C=O) groups is 1. The summed E-state index contributed by atoms with van der Waals surface area (Å²) in [5, 5.41) is 2.85. The lowest BCUT2D eigenvalue weighted by Crippen LogP contribution is -2.25. The zero-order valence-corrected chi connectivity index (χ0v) is 16.1. The molecular weight excluding hydrogens is 358 g/mol. The predicted octanol–water partition coefficient (Wildman–Crippen LogP) is 4.01. The summed E-state index contributed by atoms with van der Waals surface area (Å²) in [5.41, 5.74) is 3.38. The van der Waals surface area contributed by atoms with Crippen molar-refractivity contribution in [3.05, 3.63) is 94.9 Å². The molecule has 1 atom stereocenters. The van der Waals surface area contributed by atoms with Gasteiger partial charge in [0.25, 0.3) is 5.91 Å². The maximum atomic E-state index is 12.3. The maximum absolute atomic E-state index is 12.3. The summed E-state index contributed by atoms with van der Waals surface area (Å²) in [7, 11) is -1.08. The van der Waals surface area contributed by atoms with Gasteiger partial charge in [-0.05, 0) is 36.6 Å². The van der Waals surface area contributed by atoms with Crippen LogP contribution in [0, 0.1) is 6.92 Å². The Hall–Kier alpha value is -2.66. The van der Waals surface area contributed by atoms with E-state index in [4.69, 9.17) is 4.42 Å². The van der Waals surface area contributed by atoms with E-state index in [1.165, 1.54) is 11.1 Å². The lowest BCUT2D eigenvalue weighted by molar-refractivity contribution is 0.0925. The van der Waals surface area contributed by atoms with Gasteiger partial charge < -0.3 is 9.73 Å². The van der Waals surface area contributed by atoms with Gasteiger partial charge in [-0.25, -0.2) is 0 Å². The van der Waals surface area contributed by atoms with Crippen LogP contribution >= 0.6 is 0 Å². The second-order valence-electron chi connectivity index (χ2n) is 6.47. The Kier molecular flexibility index (Phi) is 6.60. The first-order valence-corrected chi connectivity index (χ1v) is 10.4. The van der Waals surface area contributed by atoms with E-state index in [2.05, 4.69) is 5.32 Å². The molecular formula is C22H23NO3S. The number of aryl methyl sites for hydroxylation is 1. The number of amides is 1. The Morgan fingerprint density at radius 1 is 0.926 bits per heavy atom. The molecule has 1 heterocycles. The molecule has 0 radical (unpaired) electrons. The van der Waals surface area contributed by atoms with Gasteiger partial charge in [-0.1, -0.05) is 60.2 Å². The molecule has 0 aliphatic rings. The van der Waals surface area contributed by atoms with Crippen molar-refractivity contribution in [1.29, 1.82) is 0 Å². The monoisotopic (exact) mass is 381 g/mol. The van der Waals surface area contributed by atoms with Crippen LogP contribution in [-0.4, -0.2) is 16.7 Å². The minimum Gasteiger partial charge on any atom is -0.455 e. The lowest BCUT2D eigenvalue weighted by Gasteiger charge is -2.04. The van der Waals surface area contributed by atoms with Crippen LogP contribution in [0.2, 0.25) is 0 Å². The summed E-state index contributed by atoms with van der Waals surface area (Å²) < 4.78 is 17.9. The molecule has 1 amide bonds. The van der Waals surface area contributed by atoms with Gasteiger partial charge >= 0.3 is 0 Å². The van der Waals surface area contributed by atoms with Crippen LogP contribution in [0.1, 0.15) is 33.0 Å². The molecule has 3 aromatic rings. The van der Waals surface area contributed by atoms with Gasteiger partial charge in [0.15, 0.2) is 5.76 Å². The van der Waals surface area contributed by atoms with E-state index < -0.39 is 10.8 Å². The Bertz CT molecular complexity index is 901. The first kappa shape index (κ1) is 19.1. The van der Waals surface area contributed by atoms with E-state index in [9.17, 15) is 9.00 Å². The van der Waals surface area contributed by atoms with Crippen LogP contribution in [0.4, 0.5) is 0 Å². The molecule has 27 heavy (non-hydrogen) atoms. The molecule has 0 saturated carbocycles. The molecule has 0 spiro atoms. The number of nitrogens with one attached hydrogen (secondary N) is 1. The van der Waals surface area contributed by atoms with Gasteiger partial charge in [0, 0.05) is 23.1 Å². The molecule has 0 aliphatic heterocycles. The second-order valence-corrected chi connectivity index (χ2v) is 7.93. The first-order valence-electron chi connectivity index (χ1n) is 8.91. The number of benzene rings is 2. The average Bonchev–Trinajstić information content (AvgIpc) is 3.13. The van der Waals surface area contributed by atoms with Crippen LogP contribution in [0.25, 0.3) is 0 Å². The summed E-state index contributed by atoms with van der Waals surface area (Å²) in [6.45, 7) is 2.56. The summed E-state index contributed by atoms with van der Waals surface area (Å²) in [6.07, 6.45) is 0.765. The Morgan fingerprint density at radius 3 is 2.41 bits per heavy atom. The third kappa shape index (κ3) is 5.93. The Labute approximate surface area is 162 Å². The second kappa shape index (κ2) is 9.33. The van der Waals surface area contributed by atoms with Crippen LogP contribution in [-0.2, 0) is 28.7 Å². The molecule has 0 fully saturated rings. The number of carbonyl (C=O) groups excluding carboxylic acids is 1. The summed E-state index contributed by atoms with van der Waals surface area (Å²) in [4.78, 5) is 12.2. The van der Waals surface area contributed by atoms with Crippen LogP contribution in [0.5, 0.6) is 0 Å². The highest BCUT2D eigenvalue weighted by atomic mass is 32.2. The van der Waals surface area contributed by atoms with Crippen molar-refractivity contribution in [3.63, 3.8) is 0 Å². The molecule has 3 rings (SSSR count). The third-order valence-electron chi connectivity index (χ3n) is 4.18. The molecule has 1 N–H and O–H groups in total. The minimum atomic E-state index is -1.08. The van der Waals surface area contributed by atoms with Gasteiger partial charge in [0.1, 0.15) is 5.76 Å². The highest BCUT2D eigenvalue weighted by molar-refractivity contribution is 7.83. The fourth-order valence-electron chi connectivity index (χ4n) is 2.71. The molecule has 0 bridgehead atoms. The maximum Gasteiger partial charge on any atom is 0.287 e. The third-order valence-corrected chi connectivity index (χ3v) is 5.44. The molecule has 140 valence electrons.